The Hall–Kier alpha value is -1.95. The second kappa shape index (κ2) is 7.08. The zero-order chi connectivity index (χ0) is 16.2. The van der Waals surface area contributed by atoms with Gasteiger partial charge in [-0.2, -0.15) is 0 Å². The van der Waals surface area contributed by atoms with Crippen LogP contribution in [0.5, 0.6) is 0 Å². The van der Waals surface area contributed by atoms with Crippen molar-refractivity contribution in [1.82, 2.24) is 19.5 Å². The van der Waals surface area contributed by atoms with Crippen LogP contribution in [0, 0.1) is 0 Å². The van der Waals surface area contributed by atoms with Gasteiger partial charge in [-0.1, -0.05) is 50.1 Å². The maximum absolute atomic E-state index is 6.09. The summed E-state index contributed by atoms with van der Waals surface area (Å²) in [4.78, 5) is 13.6. The van der Waals surface area contributed by atoms with Gasteiger partial charge in [0.15, 0.2) is 21.7 Å². The Morgan fingerprint density at radius 3 is 2.61 bits per heavy atom. The molecule has 0 fully saturated rings. The highest BCUT2D eigenvalue weighted by Gasteiger charge is 2.15. The van der Waals surface area contributed by atoms with Gasteiger partial charge < -0.3 is 5.73 Å². The number of aromatic nitrogens is 4. The Morgan fingerprint density at radius 2 is 1.87 bits per heavy atom. The number of halogens is 1. The number of unbranched alkanes of at least 4 members (excludes halogenated alkanes) is 2. The molecule has 3 rings (SSSR count). The number of nitrogens with two attached hydrogens (primary N) is 1. The van der Waals surface area contributed by atoms with Crippen LogP contribution in [0.15, 0.2) is 35.1 Å². The zero-order valence-electron chi connectivity index (χ0n) is 13.2. The second-order valence-electron chi connectivity index (χ2n) is 5.61. The lowest BCUT2D eigenvalue weighted by Gasteiger charge is -2.07. The van der Waals surface area contributed by atoms with Gasteiger partial charge in [-0.3, -0.25) is 4.57 Å². The molecule has 6 heteroatoms. The molecule has 0 unspecified atom stereocenters. The number of aryl methyl sites for hydroxylation is 1. The summed E-state index contributed by atoms with van der Waals surface area (Å²) in [5.74, 6) is 1.25. The molecule has 0 bridgehead atoms. The van der Waals surface area contributed by atoms with E-state index in [1.54, 1.807) is 0 Å². The van der Waals surface area contributed by atoms with E-state index in [1.807, 2.05) is 22.8 Å². The summed E-state index contributed by atoms with van der Waals surface area (Å²) in [5.41, 5.74) is 8.73. The summed E-state index contributed by atoms with van der Waals surface area (Å²) in [6.45, 7) is 2.88. The molecule has 0 aliphatic rings. The molecule has 3 aromatic rings. The summed E-state index contributed by atoms with van der Waals surface area (Å²) in [6.07, 6.45) is 4.28. The van der Waals surface area contributed by atoms with Gasteiger partial charge in [-0.25, -0.2) is 15.0 Å². The molecule has 2 heterocycles. The van der Waals surface area contributed by atoms with Crippen molar-refractivity contribution < 1.29 is 0 Å². The van der Waals surface area contributed by atoms with E-state index in [0.29, 0.717) is 17.9 Å². The fourth-order valence-corrected chi connectivity index (χ4v) is 3.06. The molecule has 0 amide bonds. The number of fused-ring (bicyclic) bond motifs is 1. The van der Waals surface area contributed by atoms with Crippen molar-refractivity contribution in [2.24, 2.45) is 0 Å². The molecule has 0 aliphatic carbocycles. The molecule has 0 aliphatic heterocycles. The number of benzene rings is 1. The van der Waals surface area contributed by atoms with E-state index in [4.69, 9.17) is 10.7 Å². The summed E-state index contributed by atoms with van der Waals surface area (Å²) < 4.78 is 2.76. The molecule has 0 radical (unpaired) electrons. The molecule has 2 N–H and O–H groups in total. The molecule has 0 saturated heterocycles. The fraction of sp³-hybridized carbons (Fsp3) is 0.353. The lowest BCUT2D eigenvalue weighted by molar-refractivity contribution is 0.693. The normalized spacial score (nSPS) is 11.2. The van der Waals surface area contributed by atoms with E-state index in [0.717, 1.165) is 29.0 Å². The average molecular weight is 374 g/mol. The zero-order valence-corrected chi connectivity index (χ0v) is 14.8. The van der Waals surface area contributed by atoms with Crippen molar-refractivity contribution in [2.45, 2.75) is 39.2 Å². The molecule has 1 aromatic carbocycles. The van der Waals surface area contributed by atoms with Crippen LogP contribution in [0.25, 0.3) is 11.2 Å². The van der Waals surface area contributed by atoms with E-state index in [2.05, 4.69) is 45.0 Å². The Balaban J connectivity index is 1.98. The first-order valence-corrected chi connectivity index (χ1v) is 8.70. The minimum atomic E-state index is 0.453. The SMILES string of the molecule is CCCCCc1nc(N)c2nc(Br)n(Cc3ccccc3)c2n1. The standard InChI is InChI=1S/C17H20BrN5/c1-2-3-5-10-13-20-15(19)14-16(21-13)23(17(18)22-14)11-12-8-6-4-7-9-12/h4,6-9H,2-3,5,10-11H2,1H3,(H2,19,20,21). The van der Waals surface area contributed by atoms with Crippen LogP contribution in [0.1, 0.15) is 37.6 Å². The van der Waals surface area contributed by atoms with Crippen LogP contribution in [-0.2, 0) is 13.0 Å². The van der Waals surface area contributed by atoms with Gasteiger partial charge in [0.25, 0.3) is 0 Å². The first-order chi connectivity index (χ1) is 11.2. The quantitative estimate of drug-likeness (QED) is 0.524. The predicted octanol–water partition coefficient (Wildman–Crippen LogP) is 3.95. The number of nitrogens with zero attached hydrogens (tertiary/aromatic N) is 4. The van der Waals surface area contributed by atoms with Gasteiger partial charge in [0.1, 0.15) is 5.82 Å². The number of hydrogen-bond acceptors (Lipinski definition) is 4. The molecule has 5 nitrogen and oxygen atoms in total. The number of hydrogen-bond donors (Lipinski definition) is 1. The number of imidazole rings is 1. The number of nitrogen functional groups attached to an aromatic ring is 1. The topological polar surface area (TPSA) is 69.6 Å². The maximum atomic E-state index is 6.09. The summed E-state index contributed by atoms with van der Waals surface area (Å²) >= 11 is 3.52. The van der Waals surface area contributed by atoms with Crippen LogP contribution in [-0.4, -0.2) is 19.5 Å². The molecule has 120 valence electrons. The number of rotatable bonds is 6. The maximum Gasteiger partial charge on any atom is 0.179 e. The van der Waals surface area contributed by atoms with Crippen molar-refractivity contribution in [3.8, 4) is 0 Å². The van der Waals surface area contributed by atoms with Gasteiger partial charge in [0, 0.05) is 6.42 Å². The van der Waals surface area contributed by atoms with Crippen molar-refractivity contribution >= 4 is 32.9 Å². The van der Waals surface area contributed by atoms with Crippen LogP contribution >= 0.6 is 15.9 Å². The van der Waals surface area contributed by atoms with Crippen LogP contribution in [0.3, 0.4) is 0 Å². The van der Waals surface area contributed by atoms with Crippen molar-refractivity contribution in [3.05, 3.63) is 46.5 Å². The van der Waals surface area contributed by atoms with Gasteiger partial charge >= 0.3 is 0 Å². The second-order valence-corrected chi connectivity index (χ2v) is 6.32. The Labute approximate surface area is 144 Å². The molecule has 23 heavy (non-hydrogen) atoms. The van der Waals surface area contributed by atoms with Crippen LogP contribution < -0.4 is 5.73 Å². The summed E-state index contributed by atoms with van der Waals surface area (Å²) in [7, 11) is 0. The van der Waals surface area contributed by atoms with Gasteiger partial charge in [-0.15, -0.1) is 0 Å². The van der Waals surface area contributed by atoms with Gasteiger partial charge in [0.05, 0.1) is 6.54 Å². The third kappa shape index (κ3) is 3.52. The highest BCUT2D eigenvalue weighted by atomic mass is 79.9. The highest BCUT2D eigenvalue weighted by molar-refractivity contribution is 9.10. The fourth-order valence-electron chi connectivity index (χ4n) is 2.59. The largest absolute Gasteiger partial charge is 0.382 e. The summed E-state index contributed by atoms with van der Waals surface area (Å²) in [5, 5.41) is 0. The van der Waals surface area contributed by atoms with Gasteiger partial charge in [0.2, 0.25) is 0 Å². The van der Waals surface area contributed by atoms with E-state index in [1.165, 1.54) is 18.4 Å². The van der Waals surface area contributed by atoms with Crippen LogP contribution in [0.2, 0.25) is 0 Å². The van der Waals surface area contributed by atoms with Crippen molar-refractivity contribution in [2.75, 3.05) is 5.73 Å². The Bertz CT molecular complexity index is 798. The molecular formula is C17H20BrN5. The minimum absolute atomic E-state index is 0.453. The Kier molecular flexibility index (Phi) is 4.91. The molecule has 0 spiro atoms. The van der Waals surface area contributed by atoms with E-state index >= 15 is 0 Å². The molecular weight excluding hydrogens is 354 g/mol. The van der Waals surface area contributed by atoms with E-state index in [9.17, 15) is 0 Å². The first-order valence-electron chi connectivity index (χ1n) is 7.91. The monoisotopic (exact) mass is 373 g/mol. The number of anilines is 1. The van der Waals surface area contributed by atoms with E-state index < -0.39 is 0 Å². The summed E-state index contributed by atoms with van der Waals surface area (Å²) in [6, 6.07) is 10.2. The van der Waals surface area contributed by atoms with Gasteiger partial charge in [-0.05, 0) is 27.9 Å². The third-order valence-electron chi connectivity index (χ3n) is 3.81. The molecule has 0 atom stereocenters. The third-order valence-corrected chi connectivity index (χ3v) is 4.41. The minimum Gasteiger partial charge on any atom is -0.382 e. The lowest BCUT2D eigenvalue weighted by Crippen LogP contribution is -2.05. The molecule has 2 aromatic heterocycles. The highest BCUT2D eigenvalue weighted by Crippen LogP contribution is 2.24. The first kappa shape index (κ1) is 15.9. The lowest BCUT2D eigenvalue weighted by atomic mass is 10.2. The predicted molar refractivity (Wildman–Crippen MR) is 96.2 cm³/mol. The van der Waals surface area contributed by atoms with E-state index in [-0.39, 0.29) is 0 Å². The Morgan fingerprint density at radius 1 is 1.09 bits per heavy atom. The average Bonchev–Trinajstić information content (AvgIpc) is 2.86. The van der Waals surface area contributed by atoms with Crippen molar-refractivity contribution in [3.63, 3.8) is 0 Å². The smallest absolute Gasteiger partial charge is 0.179 e. The van der Waals surface area contributed by atoms with Crippen LogP contribution in [0.4, 0.5) is 5.82 Å². The molecule has 0 saturated carbocycles. The van der Waals surface area contributed by atoms with Crippen molar-refractivity contribution in [1.29, 1.82) is 0 Å².